The fraction of sp³-hybridized carbons (Fsp3) is 0.593. The molecule has 140 heavy (non-hydrogen) atoms. The lowest BCUT2D eigenvalue weighted by atomic mass is 9.92. The molecule has 0 amide bonds. The maximum absolute atomic E-state index is 13.8. The van der Waals surface area contributed by atoms with Gasteiger partial charge in [0.05, 0.1) is 96.0 Å². The van der Waals surface area contributed by atoms with Gasteiger partial charge in [-0.25, -0.2) is 59.2 Å². The normalized spacial score (nSPS) is 27.4. The molecule has 12 heterocycles. The molecule has 2 aromatic carbocycles. The van der Waals surface area contributed by atoms with Crippen LogP contribution in [0.2, 0.25) is 0 Å². The van der Waals surface area contributed by atoms with Crippen molar-refractivity contribution < 1.29 is 144 Å². The van der Waals surface area contributed by atoms with E-state index in [1.165, 1.54) is 71.3 Å². The summed E-state index contributed by atoms with van der Waals surface area (Å²) in [5, 5.41) is 110. The molecule has 0 saturated carbocycles. The number of rotatable bonds is 38. The number of hydrogen-bond acceptors (Lipinski definition) is 45. The van der Waals surface area contributed by atoms with Crippen LogP contribution in [0, 0.1) is 16.2 Å². The molecule has 6 aromatic rings. The van der Waals surface area contributed by atoms with E-state index < -0.39 is 156 Å². The Hall–Kier alpha value is -8.42. The molecule has 4 saturated heterocycles. The molecule has 770 valence electrons. The number of aliphatic imine (C=N–C) groups is 4. The number of ketones is 4. The van der Waals surface area contributed by atoms with Crippen LogP contribution < -0.4 is 33.1 Å². The molecule has 48 nitrogen and oxygen atoms in total. The third-order valence-corrected chi connectivity index (χ3v) is 31.7. The van der Waals surface area contributed by atoms with Gasteiger partial charge in [0.2, 0.25) is 0 Å². The lowest BCUT2D eigenvalue weighted by Gasteiger charge is -2.28. The van der Waals surface area contributed by atoms with Gasteiger partial charge in [0, 0.05) is 45.7 Å². The summed E-state index contributed by atoms with van der Waals surface area (Å²) in [4.78, 5) is 118. The van der Waals surface area contributed by atoms with Gasteiger partial charge in [0.1, 0.15) is 108 Å². The number of benzene rings is 2. The predicted octanol–water partition coefficient (Wildman–Crippen LogP) is 5.72. The second kappa shape index (κ2) is 47.2. The highest BCUT2D eigenvalue weighted by Gasteiger charge is 2.59. The number of carbonyl (C=O) groups is 7. The highest BCUT2D eigenvalue weighted by Crippen LogP contribution is 2.52. The van der Waals surface area contributed by atoms with Crippen molar-refractivity contribution in [1.29, 1.82) is 0 Å². The number of fused-ring (bicyclic) bond motifs is 4. The van der Waals surface area contributed by atoms with Crippen molar-refractivity contribution in [2.45, 2.75) is 238 Å². The standard InChI is InChI=1S/C27H38N5O8PS.C26H36N5O9PS.C20H29N4O8PS.C12H16N4O5.CH4/c1-5-26(2,3)25(35)42-12-11-38-41(37,30-14-17-9-7-6-8-10-17)39-15-19-27(4,36)22(34)24(40-19)32-16-29-21-18(33)13-20(28)31-23(21)32;1-25(2,14-32)24(35)42-10-9-38-41(37,29-12-16-7-5-4-6-8-16)39-13-18-26(3,36)21(34)23(40-18)31-15-28-20-17(33)11-19(27)30-22(20)31;1-5-19(2,3)18(27)34-7-6-30-33(29)31-9-12-20(4,28)15(26)17(32-12)24-10-22-14-11(25)8-13(21)23-16(14)24;1-12(20)6(3-17)21-11(9(12)19)16-4-14-8-5(18)2-7(13)15-10(8)16;/h6-10,16,19,22,24,34,36H,5,11-15H2,1-4H3,(H2,28,31)(H,30,37);4-8,15,18,21,23,32,34,36H,9-14H2,1-3H3,(H2,27,30)(H,29,37);10,12,15,17,26,28H,5-9H2,1-4H3,(H-,21,23,25);4,6,9,11,17,19-20H,2-3H2,1H3,(H2,13,15);1H4/p+1/t19-,22?,24-,27-,41?;18-,21?,23-,26-,41?;12-,15?,17-,20-;6-,9?,11-,12-;/m1111./s1. The van der Waals surface area contributed by atoms with Gasteiger partial charge in [-0.15, -0.1) is 9.05 Å². The second-order valence-corrected chi connectivity index (χ2v) is 44.0. The van der Waals surface area contributed by atoms with E-state index in [4.69, 9.17) is 69.0 Å². The van der Waals surface area contributed by atoms with Crippen molar-refractivity contribution in [3.05, 3.63) is 120 Å². The first-order chi connectivity index (χ1) is 65.3. The molecule has 0 spiro atoms. The number of aliphatic hydroxyl groups excluding tert-OH is 6. The Balaban J connectivity index is 0.000000197. The van der Waals surface area contributed by atoms with E-state index in [0.717, 1.165) is 46.4 Å². The number of thioether (sulfide) groups is 3. The molecule has 7 unspecified atom stereocenters. The summed E-state index contributed by atoms with van der Waals surface area (Å²) < 4.78 is 101. The average molecular weight is 2080 g/mol. The SMILES string of the molecule is C.CC(C)(CO)C(=O)SCCOP(=O)(NCc1ccccc1)OC[C@H]1O[C@@H](n2cnc3c2N=C(N)CC3=O)C(O)[C@]1(C)O.CCC(C)(C)C(=O)SCCOP(=O)(NCc1ccccc1)OC[C@H]1O[C@@H](n2cnc3c2N=C(N)CC3=O)C(O)[C@]1(C)O.CCC(C)(C)C(=O)SCCO[P+](=O)OC[C@H]1O[C@@H](n2cnc3c2N=C(N)CC3=O)C(O)[C@]1(C)O.C[C@]1(O)C(O)[C@H](n2cnc3c2N=C(N)CC3=O)O[C@@H]1CO. The van der Waals surface area contributed by atoms with Crippen LogP contribution >= 0.6 is 59.0 Å². The lowest BCUT2D eigenvalue weighted by Crippen LogP contribution is -2.46. The molecule has 4 aromatic heterocycles. The van der Waals surface area contributed by atoms with Crippen LogP contribution in [0.15, 0.2) is 106 Å². The van der Waals surface area contributed by atoms with E-state index in [1.54, 1.807) is 13.8 Å². The summed E-state index contributed by atoms with van der Waals surface area (Å²) in [6.07, 6.45) is -8.35. The Labute approximate surface area is 819 Å². The third kappa shape index (κ3) is 26.5. The number of nitrogens with two attached hydrogens (primary N) is 4. The van der Waals surface area contributed by atoms with E-state index in [0.29, 0.717) is 18.6 Å². The summed E-state index contributed by atoms with van der Waals surface area (Å²) in [6.45, 7) is 18.2. The Kier molecular flexibility index (Phi) is 38.3. The van der Waals surface area contributed by atoms with Crippen LogP contribution in [0.1, 0.15) is 207 Å². The van der Waals surface area contributed by atoms with Crippen molar-refractivity contribution in [3.8, 4) is 0 Å². The van der Waals surface area contributed by atoms with Crippen LogP contribution in [0.3, 0.4) is 0 Å². The molecule has 8 aliphatic heterocycles. The van der Waals surface area contributed by atoms with Gasteiger partial charge in [-0.05, 0) is 65.5 Å². The number of carbonyl (C=O) groups excluding carboxylic acids is 7. The fourth-order valence-corrected chi connectivity index (χ4v) is 20.5. The quantitative estimate of drug-likeness (QED) is 0.0163. The molecule has 19 atom stereocenters. The summed E-state index contributed by atoms with van der Waals surface area (Å²) in [6, 6.07) is 18.3. The molecule has 20 N–H and O–H groups in total. The molecular weight excluding hydrogens is 1950 g/mol. The van der Waals surface area contributed by atoms with E-state index in [1.807, 2.05) is 102 Å². The average Bonchev–Trinajstić information content (AvgIpc) is 1.61. The number of Topliss-reactive ketones (excluding diaryl/α,β-unsaturated/α-hetero) is 4. The summed E-state index contributed by atoms with van der Waals surface area (Å²) in [5.74, 6) is 0.425. The van der Waals surface area contributed by atoms with Crippen LogP contribution in [0.25, 0.3) is 0 Å². The topological polar surface area (TPSA) is 714 Å². The Bertz CT molecular complexity index is 5470. The first kappa shape index (κ1) is 114. The molecule has 54 heteroatoms. The minimum Gasteiger partial charge on any atom is -0.395 e. The molecule has 4 fully saturated rings. The van der Waals surface area contributed by atoms with Crippen molar-refractivity contribution in [1.82, 2.24) is 48.4 Å². The highest BCUT2D eigenvalue weighted by atomic mass is 32.2. The summed E-state index contributed by atoms with van der Waals surface area (Å²) >= 11 is 3.14. The third-order valence-electron chi connectivity index (χ3n) is 24.3. The number of aromatic nitrogens is 8. The number of aliphatic hydroxyl groups is 10. The molecule has 0 bridgehead atoms. The van der Waals surface area contributed by atoms with E-state index in [9.17, 15) is 98.3 Å². The Morgan fingerprint density at radius 2 is 0.736 bits per heavy atom. The van der Waals surface area contributed by atoms with E-state index in [-0.39, 0.29) is 199 Å². The summed E-state index contributed by atoms with van der Waals surface area (Å²) in [5.41, 5.74) is 15.9. The first-order valence-electron chi connectivity index (χ1n) is 44.1. The number of amidine groups is 4. The minimum atomic E-state index is -4.03. The molecule has 0 radical (unpaired) electrons. The van der Waals surface area contributed by atoms with E-state index >= 15 is 0 Å². The van der Waals surface area contributed by atoms with E-state index in [2.05, 4.69) is 50.1 Å². The zero-order valence-electron chi connectivity index (χ0n) is 78.3. The molecule has 8 aliphatic rings. The fourth-order valence-electron chi connectivity index (χ4n) is 14.3. The van der Waals surface area contributed by atoms with Crippen LogP contribution in [0.4, 0.5) is 23.3 Å². The van der Waals surface area contributed by atoms with Gasteiger partial charge in [-0.3, -0.25) is 69.9 Å². The van der Waals surface area contributed by atoms with Gasteiger partial charge in [-0.2, -0.15) is 0 Å². The molecule has 14 rings (SSSR count). The minimum absolute atomic E-state index is 0. The summed E-state index contributed by atoms with van der Waals surface area (Å²) in [7, 11) is -10.6. The van der Waals surface area contributed by atoms with Gasteiger partial charge in [0.15, 0.2) is 109 Å². The number of hydrogen-bond donors (Lipinski definition) is 16. The maximum atomic E-state index is 13.8. The van der Waals surface area contributed by atoms with Crippen molar-refractivity contribution in [2.24, 2.45) is 59.1 Å². The first-order valence-corrected chi connectivity index (χ1v) is 51.2. The van der Waals surface area contributed by atoms with Crippen molar-refractivity contribution in [2.75, 3.05) is 70.1 Å². The molecular formula is C86H124N18O30P3S3+. The lowest BCUT2D eigenvalue weighted by molar-refractivity contribution is -0.120. The van der Waals surface area contributed by atoms with Crippen molar-refractivity contribution in [3.63, 3.8) is 0 Å². The Morgan fingerprint density at radius 3 is 1.02 bits per heavy atom. The van der Waals surface area contributed by atoms with Crippen molar-refractivity contribution >= 4 is 144 Å². The second-order valence-electron chi connectivity index (χ2n) is 36.2. The predicted molar refractivity (Wildman–Crippen MR) is 512 cm³/mol. The molecule has 0 aliphatic carbocycles. The monoisotopic (exact) mass is 2080 g/mol. The van der Waals surface area contributed by atoms with Gasteiger partial charge in [0.25, 0.3) is 0 Å². The van der Waals surface area contributed by atoms with Gasteiger partial charge < -0.3 is 92.9 Å². The number of nitrogens with zero attached hydrogens (tertiary/aromatic N) is 12. The number of imidazole rings is 4. The van der Waals surface area contributed by atoms with Gasteiger partial charge in [-0.1, -0.05) is 145 Å². The zero-order chi connectivity index (χ0) is 102. The van der Waals surface area contributed by atoms with Gasteiger partial charge >= 0.3 is 23.7 Å². The highest BCUT2D eigenvalue weighted by molar-refractivity contribution is 8.14. The number of ether oxygens (including phenoxy) is 4. The Morgan fingerprint density at radius 1 is 0.457 bits per heavy atom. The largest absolute Gasteiger partial charge is 0.697 e. The van der Waals surface area contributed by atoms with Crippen LogP contribution in [0.5, 0.6) is 0 Å². The van der Waals surface area contributed by atoms with Crippen LogP contribution in [-0.2, 0) is 87.3 Å². The smallest absolute Gasteiger partial charge is 0.395 e. The van der Waals surface area contributed by atoms with Crippen LogP contribution in [-0.4, -0.2) is 292 Å². The zero-order valence-corrected chi connectivity index (χ0v) is 83.5. The number of nitrogens with one attached hydrogen (secondary N) is 2. The maximum Gasteiger partial charge on any atom is 0.697 e.